The number of carbonyl (C=O) groups is 1. The van der Waals surface area contributed by atoms with Crippen LogP contribution >= 0.6 is 0 Å². The summed E-state index contributed by atoms with van der Waals surface area (Å²) >= 11 is 0. The summed E-state index contributed by atoms with van der Waals surface area (Å²) in [6.07, 6.45) is -3.84. The molecule has 1 heterocycles. The maximum Gasteiger partial charge on any atom is 0.377 e. The van der Waals surface area contributed by atoms with E-state index in [9.17, 15) is 15.0 Å². The quantitative estimate of drug-likeness (QED) is 0.340. The average Bonchev–Trinajstić information content (AvgIpc) is 2.56. The third-order valence-corrected chi connectivity index (χ3v) is 2.10. The minimum absolute atomic E-state index is 0.218. The Labute approximate surface area is 96.3 Å². The van der Waals surface area contributed by atoms with E-state index in [0.717, 1.165) is 0 Å². The SMILES string of the molecule is O=C1O[C@H](C(O)COCC(O)CO)C(O)=C1O. The van der Waals surface area contributed by atoms with Gasteiger partial charge in [0.15, 0.2) is 11.9 Å². The lowest BCUT2D eigenvalue weighted by Crippen LogP contribution is -2.34. The average molecular weight is 250 g/mol. The first kappa shape index (κ1) is 13.7. The summed E-state index contributed by atoms with van der Waals surface area (Å²) in [7, 11) is 0. The molecule has 98 valence electrons. The summed E-state index contributed by atoms with van der Waals surface area (Å²) in [4.78, 5) is 10.8. The van der Waals surface area contributed by atoms with Gasteiger partial charge >= 0.3 is 5.97 Å². The second-order valence-corrected chi connectivity index (χ2v) is 3.50. The molecule has 0 bridgehead atoms. The van der Waals surface area contributed by atoms with Crippen molar-refractivity contribution in [3.8, 4) is 0 Å². The molecule has 3 atom stereocenters. The third kappa shape index (κ3) is 3.30. The summed E-state index contributed by atoms with van der Waals surface area (Å²) in [6.45, 7) is -1.04. The van der Waals surface area contributed by atoms with E-state index in [0.29, 0.717) is 0 Å². The number of hydrogen-bond donors (Lipinski definition) is 5. The fourth-order valence-electron chi connectivity index (χ4n) is 1.19. The van der Waals surface area contributed by atoms with Gasteiger partial charge in [-0.2, -0.15) is 0 Å². The Balaban J connectivity index is 2.39. The van der Waals surface area contributed by atoms with Crippen molar-refractivity contribution in [2.45, 2.75) is 18.3 Å². The molecule has 1 aliphatic heterocycles. The summed E-state index contributed by atoms with van der Waals surface area (Å²) in [5, 5.41) is 45.1. The second-order valence-electron chi connectivity index (χ2n) is 3.50. The Morgan fingerprint density at radius 1 is 1.29 bits per heavy atom. The Morgan fingerprint density at radius 2 is 1.94 bits per heavy atom. The zero-order valence-corrected chi connectivity index (χ0v) is 8.81. The molecule has 2 unspecified atom stereocenters. The predicted octanol–water partition coefficient (Wildman–Crippen LogP) is -2.03. The third-order valence-electron chi connectivity index (χ3n) is 2.10. The van der Waals surface area contributed by atoms with Gasteiger partial charge in [-0.3, -0.25) is 0 Å². The van der Waals surface area contributed by atoms with E-state index < -0.39 is 42.4 Å². The standard InChI is InChI=1S/C9H14O8/c10-1-4(11)2-16-3-5(12)8-6(13)7(14)9(15)17-8/h4-5,8,10-14H,1-3H2/t4?,5?,8-/m1/s1. The van der Waals surface area contributed by atoms with Crippen molar-refractivity contribution in [1.82, 2.24) is 0 Å². The number of esters is 1. The minimum Gasteiger partial charge on any atom is -0.505 e. The zero-order valence-electron chi connectivity index (χ0n) is 8.81. The van der Waals surface area contributed by atoms with Crippen LogP contribution in [0, 0.1) is 0 Å². The van der Waals surface area contributed by atoms with Crippen molar-refractivity contribution >= 4 is 5.97 Å². The molecular formula is C9H14O8. The van der Waals surface area contributed by atoms with E-state index in [1.54, 1.807) is 0 Å². The van der Waals surface area contributed by atoms with Crippen molar-refractivity contribution in [2.75, 3.05) is 19.8 Å². The van der Waals surface area contributed by atoms with Crippen molar-refractivity contribution in [2.24, 2.45) is 0 Å². The number of aliphatic hydroxyl groups is 5. The Morgan fingerprint density at radius 3 is 2.41 bits per heavy atom. The molecule has 1 aliphatic rings. The zero-order chi connectivity index (χ0) is 13.0. The Bertz CT molecular complexity index is 312. The highest BCUT2D eigenvalue weighted by atomic mass is 16.6. The minimum atomic E-state index is -1.38. The van der Waals surface area contributed by atoms with Crippen LogP contribution in [0.4, 0.5) is 0 Å². The molecule has 0 aromatic carbocycles. The molecule has 0 amide bonds. The highest BCUT2D eigenvalue weighted by Crippen LogP contribution is 2.21. The molecule has 0 fully saturated rings. The molecular weight excluding hydrogens is 236 g/mol. The van der Waals surface area contributed by atoms with Crippen LogP contribution < -0.4 is 0 Å². The van der Waals surface area contributed by atoms with Crippen molar-refractivity contribution < 1.29 is 39.8 Å². The highest BCUT2D eigenvalue weighted by Gasteiger charge is 2.39. The first-order valence-corrected chi connectivity index (χ1v) is 4.85. The number of rotatable bonds is 6. The van der Waals surface area contributed by atoms with E-state index in [2.05, 4.69) is 4.74 Å². The Hall–Kier alpha value is -1.35. The van der Waals surface area contributed by atoms with Crippen LogP contribution in [0.1, 0.15) is 0 Å². The fraction of sp³-hybridized carbons (Fsp3) is 0.667. The van der Waals surface area contributed by atoms with Gasteiger partial charge in [0.1, 0.15) is 12.2 Å². The molecule has 8 nitrogen and oxygen atoms in total. The number of carbonyl (C=O) groups excluding carboxylic acids is 1. The Kier molecular flexibility index (Phi) is 4.70. The second kappa shape index (κ2) is 5.82. The maximum absolute atomic E-state index is 10.8. The lowest BCUT2D eigenvalue weighted by atomic mass is 10.2. The van der Waals surface area contributed by atoms with Crippen molar-refractivity contribution in [3.05, 3.63) is 11.5 Å². The molecule has 17 heavy (non-hydrogen) atoms. The molecule has 1 rings (SSSR count). The number of cyclic esters (lactones) is 1. The predicted molar refractivity (Wildman–Crippen MR) is 52.1 cm³/mol. The number of aliphatic hydroxyl groups excluding tert-OH is 5. The van der Waals surface area contributed by atoms with Gasteiger partial charge in [0.05, 0.1) is 19.8 Å². The van der Waals surface area contributed by atoms with Gasteiger partial charge in [-0.15, -0.1) is 0 Å². The van der Waals surface area contributed by atoms with Gasteiger partial charge in [-0.1, -0.05) is 0 Å². The summed E-state index contributed by atoms with van der Waals surface area (Å²) < 4.78 is 9.29. The first-order valence-electron chi connectivity index (χ1n) is 4.85. The smallest absolute Gasteiger partial charge is 0.377 e. The van der Waals surface area contributed by atoms with Crippen molar-refractivity contribution in [3.63, 3.8) is 0 Å². The number of ether oxygens (including phenoxy) is 2. The van der Waals surface area contributed by atoms with Gasteiger partial charge in [0, 0.05) is 0 Å². The van der Waals surface area contributed by atoms with Crippen LogP contribution in [-0.4, -0.2) is 69.6 Å². The largest absolute Gasteiger partial charge is 0.505 e. The van der Waals surface area contributed by atoms with Crippen LogP contribution in [0.3, 0.4) is 0 Å². The fourth-order valence-corrected chi connectivity index (χ4v) is 1.19. The van der Waals surface area contributed by atoms with Gasteiger partial charge in [-0.05, 0) is 0 Å². The van der Waals surface area contributed by atoms with Gasteiger partial charge in [-0.25, -0.2) is 4.79 Å². The van der Waals surface area contributed by atoms with E-state index in [-0.39, 0.29) is 13.2 Å². The number of hydrogen-bond acceptors (Lipinski definition) is 8. The normalized spacial score (nSPS) is 23.7. The van der Waals surface area contributed by atoms with Crippen LogP contribution in [-0.2, 0) is 14.3 Å². The summed E-state index contributed by atoms with van der Waals surface area (Å²) in [5.41, 5.74) is 0. The monoisotopic (exact) mass is 250 g/mol. The molecule has 0 saturated heterocycles. The van der Waals surface area contributed by atoms with Gasteiger partial charge < -0.3 is 35.0 Å². The molecule has 8 heteroatoms. The van der Waals surface area contributed by atoms with Crippen molar-refractivity contribution in [1.29, 1.82) is 0 Å². The molecule has 0 saturated carbocycles. The molecule has 0 spiro atoms. The maximum atomic E-state index is 10.8. The van der Waals surface area contributed by atoms with E-state index >= 15 is 0 Å². The summed E-state index contributed by atoms with van der Waals surface area (Å²) in [5.74, 6) is -2.82. The molecule has 0 aromatic heterocycles. The topological polar surface area (TPSA) is 137 Å². The summed E-state index contributed by atoms with van der Waals surface area (Å²) in [6, 6.07) is 0. The van der Waals surface area contributed by atoms with Crippen LogP contribution in [0.25, 0.3) is 0 Å². The highest BCUT2D eigenvalue weighted by molar-refractivity contribution is 5.89. The van der Waals surface area contributed by atoms with Gasteiger partial charge in [0.2, 0.25) is 5.76 Å². The van der Waals surface area contributed by atoms with Crippen LogP contribution in [0.5, 0.6) is 0 Å². The van der Waals surface area contributed by atoms with E-state index in [1.165, 1.54) is 0 Å². The van der Waals surface area contributed by atoms with E-state index in [4.69, 9.17) is 20.1 Å². The lowest BCUT2D eigenvalue weighted by Gasteiger charge is -2.17. The molecule has 0 aromatic rings. The van der Waals surface area contributed by atoms with Crippen LogP contribution in [0.2, 0.25) is 0 Å². The van der Waals surface area contributed by atoms with E-state index in [1.807, 2.05) is 0 Å². The van der Waals surface area contributed by atoms with Crippen LogP contribution in [0.15, 0.2) is 11.5 Å². The molecule has 0 aliphatic carbocycles. The first-order chi connectivity index (χ1) is 7.97. The molecule has 5 N–H and O–H groups in total. The molecule has 0 radical (unpaired) electrons. The lowest BCUT2D eigenvalue weighted by molar-refractivity contribution is -0.149. The van der Waals surface area contributed by atoms with Gasteiger partial charge in [0.25, 0.3) is 0 Å².